The molecule has 2 heterocycles. The van der Waals surface area contributed by atoms with Gasteiger partial charge in [-0.1, -0.05) is 23.3 Å². The van der Waals surface area contributed by atoms with Crippen LogP contribution in [-0.4, -0.2) is 15.2 Å². The topological polar surface area (TPSA) is 47.9 Å². The Balaban J connectivity index is 2.05. The maximum atomic E-state index is 5.66. The summed E-state index contributed by atoms with van der Waals surface area (Å²) in [6.07, 6.45) is 1.74. The molecular formula is C11H6BrN3OS. The molecule has 0 spiro atoms. The summed E-state index contributed by atoms with van der Waals surface area (Å²) in [7, 11) is 0. The van der Waals surface area contributed by atoms with Gasteiger partial charge in [0.1, 0.15) is 5.52 Å². The lowest BCUT2D eigenvalue weighted by Crippen LogP contribution is -1.87. The lowest BCUT2D eigenvalue weighted by Gasteiger charge is -2.04. The van der Waals surface area contributed by atoms with E-state index in [2.05, 4.69) is 31.1 Å². The van der Waals surface area contributed by atoms with Crippen molar-refractivity contribution in [1.82, 2.24) is 15.2 Å². The van der Waals surface area contributed by atoms with Crippen LogP contribution in [0.3, 0.4) is 0 Å². The van der Waals surface area contributed by atoms with Crippen LogP contribution in [0, 0.1) is 0 Å². The quantitative estimate of drug-likeness (QED) is 0.725. The van der Waals surface area contributed by atoms with Crippen molar-refractivity contribution in [2.45, 2.75) is 0 Å². The fraction of sp³-hybridized carbons (Fsp3) is 0. The number of fused-ring (bicyclic) bond motifs is 1. The van der Waals surface area contributed by atoms with Crippen LogP contribution in [0.25, 0.3) is 10.9 Å². The number of aromatic nitrogens is 3. The number of hydrogen-bond acceptors (Lipinski definition) is 5. The number of halogens is 1. The molecule has 0 aliphatic heterocycles. The predicted octanol–water partition coefficient (Wildman–Crippen LogP) is 3.64. The first-order valence-corrected chi connectivity index (χ1v) is 6.44. The van der Waals surface area contributed by atoms with Crippen molar-refractivity contribution >= 4 is 38.2 Å². The predicted molar refractivity (Wildman–Crippen MR) is 69.4 cm³/mol. The van der Waals surface area contributed by atoms with E-state index in [1.807, 2.05) is 30.3 Å². The van der Waals surface area contributed by atoms with Gasteiger partial charge in [-0.25, -0.2) is 0 Å². The summed E-state index contributed by atoms with van der Waals surface area (Å²) < 4.78 is 6.36. The summed E-state index contributed by atoms with van der Waals surface area (Å²) in [6.45, 7) is 0. The molecule has 1 aromatic carbocycles. The fourth-order valence-electron chi connectivity index (χ4n) is 1.49. The van der Waals surface area contributed by atoms with Crippen molar-refractivity contribution in [3.63, 3.8) is 0 Å². The number of ether oxygens (including phenoxy) is 1. The molecule has 3 rings (SSSR count). The number of rotatable bonds is 2. The van der Waals surface area contributed by atoms with Gasteiger partial charge in [-0.3, -0.25) is 4.98 Å². The number of para-hydroxylation sites is 1. The summed E-state index contributed by atoms with van der Waals surface area (Å²) in [5.74, 6) is 0.687. The molecule has 0 saturated heterocycles. The minimum absolute atomic E-state index is 0.495. The van der Waals surface area contributed by atoms with E-state index in [1.165, 1.54) is 11.3 Å². The van der Waals surface area contributed by atoms with Gasteiger partial charge in [-0.15, -0.1) is 5.10 Å². The third kappa shape index (κ3) is 2.13. The Labute approximate surface area is 109 Å². The Morgan fingerprint density at radius 2 is 2.00 bits per heavy atom. The monoisotopic (exact) mass is 307 g/mol. The molecule has 0 unspecified atom stereocenters. The van der Waals surface area contributed by atoms with E-state index in [4.69, 9.17) is 4.74 Å². The molecule has 84 valence electrons. The summed E-state index contributed by atoms with van der Waals surface area (Å²) in [4.78, 5) is 4.30. The van der Waals surface area contributed by atoms with Crippen molar-refractivity contribution in [2.24, 2.45) is 0 Å². The second-order valence-corrected chi connectivity index (χ2v) is 5.47. The van der Waals surface area contributed by atoms with Gasteiger partial charge in [0.15, 0.2) is 9.67 Å². The summed E-state index contributed by atoms with van der Waals surface area (Å²) in [6, 6.07) is 9.67. The molecule has 0 atom stereocenters. The van der Waals surface area contributed by atoms with Crippen LogP contribution in [0.1, 0.15) is 0 Å². The number of nitrogens with zero attached hydrogens (tertiary/aromatic N) is 3. The van der Waals surface area contributed by atoms with Gasteiger partial charge in [0.05, 0.1) is 0 Å². The van der Waals surface area contributed by atoms with Crippen molar-refractivity contribution in [3.8, 4) is 10.9 Å². The third-order valence-electron chi connectivity index (χ3n) is 2.17. The van der Waals surface area contributed by atoms with Crippen LogP contribution in [0.2, 0.25) is 0 Å². The highest BCUT2D eigenvalue weighted by Gasteiger charge is 2.07. The van der Waals surface area contributed by atoms with Gasteiger partial charge in [0.25, 0.3) is 5.19 Å². The molecule has 0 N–H and O–H groups in total. The molecule has 0 fully saturated rings. The Morgan fingerprint density at radius 3 is 2.82 bits per heavy atom. The molecule has 2 aromatic heterocycles. The van der Waals surface area contributed by atoms with E-state index in [0.717, 1.165) is 10.9 Å². The number of pyridine rings is 1. The van der Waals surface area contributed by atoms with Gasteiger partial charge >= 0.3 is 0 Å². The molecule has 0 aliphatic carbocycles. The molecule has 0 bridgehead atoms. The lowest BCUT2D eigenvalue weighted by molar-refractivity contribution is 0.477. The molecule has 6 heteroatoms. The third-order valence-corrected chi connectivity index (χ3v) is 3.41. The summed E-state index contributed by atoms with van der Waals surface area (Å²) >= 11 is 4.58. The second-order valence-electron chi connectivity index (χ2n) is 3.25. The Kier molecular flexibility index (Phi) is 2.74. The van der Waals surface area contributed by atoms with Crippen LogP contribution < -0.4 is 4.74 Å². The zero-order valence-corrected chi connectivity index (χ0v) is 10.9. The van der Waals surface area contributed by atoms with Crippen LogP contribution in [0.4, 0.5) is 0 Å². The molecule has 17 heavy (non-hydrogen) atoms. The van der Waals surface area contributed by atoms with E-state index in [-0.39, 0.29) is 0 Å². The van der Waals surface area contributed by atoms with E-state index < -0.39 is 0 Å². The SMILES string of the molecule is Brc1nnc(Oc2cccc3cccnc23)s1. The first kappa shape index (κ1) is 10.6. The van der Waals surface area contributed by atoms with Crippen LogP contribution in [0.15, 0.2) is 40.4 Å². The van der Waals surface area contributed by atoms with E-state index >= 15 is 0 Å². The zero-order chi connectivity index (χ0) is 11.7. The summed E-state index contributed by atoms with van der Waals surface area (Å²) in [5.41, 5.74) is 0.821. The molecule has 3 aromatic rings. The average molecular weight is 308 g/mol. The van der Waals surface area contributed by atoms with E-state index in [1.54, 1.807) is 6.20 Å². The van der Waals surface area contributed by atoms with Crippen LogP contribution in [-0.2, 0) is 0 Å². The van der Waals surface area contributed by atoms with Gasteiger partial charge in [0.2, 0.25) is 0 Å². The van der Waals surface area contributed by atoms with Crippen molar-refractivity contribution in [3.05, 3.63) is 40.4 Å². The largest absolute Gasteiger partial charge is 0.427 e. The zero-order valence-electron chi connectivity index (χ0n) is 8.50. The van der Waals surface area contributed by atoms with Crippen molar-refractivity contribution in [2.75, 3.05) is 0 Å². The maximum Gasteiger partial charge on any atom is 0.300 e. The van der Waals surface area contributed by atoms with Gasteiger partial charge in [0, 0.05) is 11.6 Å². The van der Waals surface area contributed by atoms with Gasteiger partial charge in [-0.2, -0.15) is 0 Å². The molecule has 4 nitrogen and oxygen atoms in total. The smallest absolute Gasteiger partial charge is 0.300 e. The molecule has 0 aliphatic rings. The number of benzene rings is 1. The Morgan fingerprint density at radius 1 is 1.12 bits per heavy atom. The van der Waals surface area contributed by atoms with E-state index in [0.29, 0.717) is 14.9 Å². The van der Waals surface area contributed by atoms with Crippen LogP contribution in [0.5, 0.6) is 10.9 Å². The van der Waals surface area contributed by atoms with Crippen molar-refractivity contribution < 1.29 is 4.74 Å². The minimum atomic E-state index is 0.495. The highest BCUT2D eigenvalue weighted by atomic mass is 79.9. The van der Waals surface area contributed by atoms with Crippen molar-refractivity contribution in [1.29, 1.82) is 0 Å². The lowest BCUT2D eigenvalue weighted by atomic mass is 10.2. The van der Waals surface area contributed by atoms with E-state index in [9.17, 15) is 0 Å². The minimum Gasteiger partial charge on any atom is -0.427 e. The highest BCUT2D eigenvalue weighted by Crippen LogP contribution is 2.31. The molecule has 0 amide bonds. The highest BCUT2D eigenvalue weighted by molar-refractivity contribution is 9.11. The molecular weight excluding hydrogens is 302 g/mol. The first-order chi connectivity index (χ1) is 8.33. The normalized spacial score (nSPS) is 10.6. The Hall–Kier alpha value is -1.53. The average Bonchev–Trinajstić information content (AvgIpc) is 2.75. The second kappa shape index (κ2) is 4.38. The first-order valence-electron chi connectivity index (χ1n) is 4.83. The fourth-order valence-corrected chi connectivity index (χ4v) is 2.42. The van der Waals surface area contributed by atoms with Gasteiger partial charge < -0.3 is 4.74 Å². The standard InChI is InChI=1S/C11H6BrN3OS/c12-10-14-15-11(17-10)16-8-5-1-3-7-4-2-6-13-9(7)8/h1-6H. The Bertz CT molecular complexity index is 665. The number of hydrogen-bond donors (Lipinski definition) is 0. The maximum absolute atomic E-state index is 5.66. The molecule has 0 radical (unpaired) electrons. The van der Waals surface area contributed by atoms with Crippen LogP contribution >= 0.6 is 27.3 Å². The molecule has 0 saturated carbocycles. The summed E-state index contributed by atoms with van der Waals surface area (Å²) in [5, 5.41) is 9.25. The van der Waals surface area contributed by atoms with Gasteiger partial charge in [-0.05, 0) is 39.4 Å².